The Hall–Kier alpha value is -1.30. The first-order valence-corrected chi connectivity index (χ1v) is 9.40. The van der Waals surface area contributed by atoms with Crippen LogP contribution >= 0.6 is 0 Å². The largest absolute Gasteiger partial charge is 0.493 e. The average molecular weight is 347 g/mol. The van der Waals surface area contributed by atoms with E-state index in [0.717, 1.165) is 36.4 Å². The highest BCUT2D eigenvalue weighted by molar-refractivity contribution is 5.59. The Balaban J connectivity index is 1.99. The minimum absolute atomic E-state index is 0.0871. The summed E-state index contributed by atoms with van der Waals surface area (Å²) < 4.78 is 11.6. The van der Waals surface area contributed by atoms with Gasteiger partial charge in [0.15, 0.2) is 11.5 Å². The smallest absolute Gasteiger partial charge is 0.165 e. The van der Waals surface area contributed by atoms with Gasteiger partial charge in [-0.15, -0.1) is 0 Å². The van der Waals surface area contributed by atoms with Gasteiger partial charge in [0, 0.05) is 17.0 Å². The third-order valence-electron chi connectivity index (χ3n) is 6.85. The molecule has 2 N–H and O–H groups in total. The maximum atomic E-state index is 11.9. The summed E-state index contributed by atoms with van der Waals surface area (Å²) in [5.41, 5.74) is 1.01. The van der Waals surface area contributed by atoms with E-state index in [1.165, 1.54) is 5.56 Å². The van der Waals surface area contributed by atoms with Crippen molar-refractivity contribution >= 4 is 0 Å². The molecule has 0 radical (unpaired) electrons. The highest BCUT2D eigenvalue weighted by Crippen LogP contribution is 2.61. The van der Waals surface area contributed by atoms with Crippen molar-refractivity contribution in [3.8, 4) is 11.5 Å². The minimum atomic E-state index is -0.829. The van der Waals surface area contributed by atoms with Crippen LogP contribution in [0.3, 0.4) is 0 Å². The first-order chi connectivity index (χ1) is 12.0. The van der Waals surface area contributed by atoms with E-state index in [-0.39, 0.29) is 12.1 Å². The van der Waals surface area contributed by atoms with Crippen molar-refractivity contribution in [2.24, 2.45) is 0 Å². The molecule has 1 saturated carbocycles. The maximum Gasteiger partial charge on any atom is 0.165 e. The van der Waals surface area contributed by atoms with E-state index in [9.17, 15) is 10.2 Å². The van der Waals surface area contributed by atoms with Crippen molar-refractivity contribution in [1.29, 1.82) is 0 Å². The van der Waals surface area contributed by atoms with Gasteiger partial charge in [0.05, 0.1) is 25.4 Å². The molecule has 138 valence electrons. The Kier molecular flexibility index (Phi) is 4.02. The lowest BCUT2D eigenvalue weighted by atomic mass is 9.49. The number of fused-ring (bicyclic) bond motifs is 1. The van der Waals surface area contributed by atoms with E-state index in [0.29, 0.717) is 25.9 Å². The van der Waals surface area contributed by atoms with Crippen LogP contribution in [-0.4, -0.2) is 60.2 Å². The highest BCUT2D eigenvalue weighted by Gasteiger charge is 2.65. The summed E-state index contributed by atoms with van der Waals surface area (Å²) in [6.07, 6.45) is 3.14. The molecule has 4 atom stereocenters. The molecule has 1 aromatic rings. The van der Waals surface area contributed by atoms with Gasteiger partial charge in [-0.1, -0.05) is 6.07 Å². The number of likely N-dealkylation sites (N-methyl/N-ethyl adjacent to an activating group) is 1. The van der Waals surface area contributed by atoms with Crippen molar-refractivity contribution in [2.75, 3.05) is 27.3 Å². The van der Waals surface area contributed by atoms with Crippen LogP contribution in [-0.2, 0) is 11.8 Å². The molecule has 5 heteroatoms. The molecule has 0 unspecified atom stereocenters. The Morgan fingerprint density at radius 1 is 1.32 bits per heavy atom. The second-order valence-corrected chi connectivity index (χ2v) is 7.92. The van der Waals surface area contributed by atoms with Crippen molar-refractivity contribution in [2.45, 2.75) is 62.2 Å². The molecule has 2 bridgehead atoms. The summed E-state index contributed by atoms with van der Waals surface area (Å²) in [6.45, 7) is 3.44. The summed E-state index contributed by atoms with van der Waals surface area (Å²) in [5.74, 6) is 1.48. The van der Waals surface area contributed by atoms with Crippen molar-refractivity contribution < 1.29 is 19.7 Å². The molecule has 1 aliphatic heterocycles. The summed E-state index contributed by atoms with van der Waals surface area (Å²) in [4.78, 5) is 2.30. The Morgan fingerprint density at radius 3 is 2.84 bits per heavy atom. The van der Waals surface area contributed by atoms with Gasteiger partial charge in [-0.2, -0.15) is 0 Å². The van der Waals surface area contributed by atoms with Crippen LogP contribution in [0.25, 0.3) is 0 Å². The highest BCUT2D eigenvalue weighted by atomic mass is 16.5. The molecule has 2 fully saturated rings. The third kappa shape index (κ3) is 2.19. The second kappa shape index (κ2) is 5.86. The van der Waals surface area contributed by atoms with E-state index in [4.69, 9.17) is 9.47 Å². The number of benzene rings is 1. The minimum Gasteiger partial charge on any atom is -0.493 e. The van der Waals surface area contributed by atoms with Crippen LogP contribution < -0.4 is 9.47 Å². The summed E-state index contributed by atoms with van der Waals surface area (Å²) in [5, 5.41) is 22.4. The zero-order valence-electron chi connectivity index (χ0n) is 15.4. The van der Waals surface area contributed by atoms with Crippen molar-refractivity contribution in [3.05, 3.63) is 23.3 Å². The molecular formula is C20H29NO4. The number of rotatable bonds is 3. The normalized spacial score (nSPS) is 37.2. The number of methoxy groups -OCH3 is 1. The maximum absolute atomic E-state index is 11.9. The van der Waals surface area contributed by atoms with Crippen LogP contribution in [0.15, 0.2) is 12.1 Å². The number of hydrogen-bond acceptors (Lipinski definition) is 5. The van der Waals surface area contributed by atoms with Gasteiger partial charge in [0.1, 0.15) is 0 Å². The number of piperidine rings is 1. The Labute approximate surface area is 149 Å². The van der Waals surface area contributed by atoms with E-state index < -0.39 is 11.0 Å². The molecule has 0 spiro atoms. The average Bonchev–Trinajstić information content (AvgIpc) is 2.59. The number of likely N-dealkylation sites (tertiary alicyclic amines) is 1. The molecular weight excluding hydrogens is 318 g/mol. The Morgan fingerprint density at radius 2 is 2.12 bits per heavy atom. The first-order valence-electron chi connectivity index (χ1n) is 9.40. The Bertz CT molecular complexity index is 678. The lowest BCUT2D eigenvalue weighted by Gasteiger charge is -2.64. The van der Waals surface area contributed by atoms with Gasteiger partial charge in [-0.05, 0) is 64.3 Å². The van der Waals surface area contributed by atoms with Crippen LogP contribution in [0, 0.1) is 0 Å². The van der Waals surface area contributed by atoms with Gasteiger partial charge < -0.3 is 24.6 Å². The van der Waals surface area contributed by atoms with Gasteiger partial charge in [-0.3, -0.25) is 0 Å². The molecule has 1 heterocycles. The molecule has 1 aromatic carbocycles. The zero-order chi connectivity index (χ0) is 17.8. The van der Waals surface area contributed by atoms with Gasteiger partial charge in [0.25, 0.3) is 0 Å². The predicted molar refractivity (Wildman–Crippen MR) is 95.4 cm³/mol. The molecule has 25 heavy (non-hydrogen) atoms. The fraction of sp³-hybridized carbons (Fsp3) is 0.700. The summed E-state index contributed by atoms with van der Waals surface area (Å²) >= 11 is 0. The quantitative estimate of drug-likeness (QED) is 0.874. The predicted octanol–water partition coefficient (Wildman–Crippen LogP) is 1.87. The van der Waals surface area contributed by atoms with E-state index in [1.807, 2.05) is 13.0 Å². The van der Waals surface area contributed by atoms with Crippen molar-refractivity contribution in [3.63, 3.8) is 0 Å². The van der Waals surface area contributed by atoms with E-state index >= 15 is 0 Å². The topological polar surface area (TPSA) is 62.2 Å². The number of aliphatic hydroxyl groups is 2. The van der Waals surface area contributed by atoms with Gasteiger partial charge in [0.2, 0.25) is 0 Å². The lowest BCUT2D eigenvalue weighted by Crippen LogP contribution is -2.73. The molecule has 4 rings (SSSR count). The van der Waals surface area contributed by atoms with E-state index in [2.05, 4.69) is 18.0 Å². The number of nitrogens with zero attached hydrogens (tertiary/aromatic N) is 1. The zero-order valence-corrected chi connectivity index (χ0v) is 15.4. The SMILES string of the molecule is CCOc1c(OC)ccc2c1[C@]13CCN(C)[C@H](C2)[C@]1(O)CC[C@H](O)C3. The van der Waals surface area contributed by atoms with Crippen LogP contribution in [0.4, 0.5) is 0 Å². The summed E-state index contributed by atoms with van der Waals surface area (Å²) in [7, 11) is 3.76. The molecule has 5 nitrogen and oxygen atoms in total. The van der Waals surface area contributed by atoms with Gasteiger partial charge in [-0.25, -0.2) is 0 Å². The fourth-order valence-corrected chi connectivity index (χ4v) is 5.72. The first kappa shape index (κ1) is 17.1. The standard InChI is InChI=1S/C20H29NO4/c1-4-25-18-15(24-3)6-5-13-11-16-20(23)8-7-14(22)12-19(20,17(13)18)9-10-21(16)2/h5-6,14,16,22-23H,4,7-12H2,1-3H3/t14-,16+,19+,20+/m0/s1. The second-order valence-electron chi connectivity index (χ2n) is 7.92. The molecule has 0 aromatic heterocycles. The monoisotopic (exact) mass is 347 g/mol. The molecule has 3 aliphatic rings. The van der Waals surface area contributed by atoms with Crippen LogP contribution in [0.1, 0.15) is 43.7 Å². The van der Waals surface area contributed by atoms with Crippen LogP contribution in [0.2, 0.25) is 0 Å². The van der Waals surface area contributed by atoms with E-state index in [1.54, 1.807) is 7.11 Å². The molecule has 0 amide bonds. The fourth-order valence-electron chi connectivity index (χ4n) is 5.72. The number of hydrogen-bond donors (Lipinski definition) is 2. The lowest BCUT2D eigenvalue weighted by molar-refractivity contribution is -0.177. The number of aliphatic hydroxyl groups excluding tert-OH is 1. The van der Waals surface area contributed by atoms with Gasteiger partial charge >= 0.3 is 0 Å². The summed E-state index contributed by atoms with van der Waals surface area (Å²) in [6, 6.07) is 4.18. The van der Waals surface area contributed by atoms with Crippen molar-refractivity contribution in [1.82, 2.24) is 4.90 Å². The molecule has 2 aliphatic carbocycles. The number of ether oxygens (including phenoxy) is 2. The third-order valence-corrected chi connectivity index (χ3v) is 6.85. The van der Waals surface area contributed by atoms with Crippen LogP contribution in [0.5, 0.6) is 11.5 Å². The molecule has 1 saturated heterocycles.